The van der Waals surface area contributed by atoms with Crippen molar-refractivity contribution in [3.63, 3.8) is 0 Å². The Balaban J connectivity index is 1.73. The summed E-state index contributed by atoms with van der Waals surface area (Å²) in [5.41, 5.74) is 2.15. The molecule has 1 aromatic carbocycles. The van der Waals surface area contributed by atoms with Crippen molar-refractivity contribution in [2.45, 2.75) is 13.5 Å². The second-order valence-corrected chi connectivity index (χ2v) is 4.96. The number of carbonyl (C=O) groups excluding carboxylic acids is 1. The highest BCUT2D eigenvalue weighted by atomic mass is 19.1. The molecule has 0 amide bonds. The van der Waals surface area contributed by atoms with Crippen LogP contribution in [0.25, 0.3) is 11.2 Å². The van der Waals surface area contributed by atoms with Crippen molar-refractivity contribution in [2.24, 2.45) is 0 Å². The first kappa shape index (κ1) is 15.0. The lowest BCUT2D eigenvalue weighted by atomic mass is 10.2. The summed E-state index contributed by atoms with van der Waals surface area (Å²) in [6.45, 7) is 1.82. The minimum Gasteiger partial charge on any atom is -0.494 e. The lowest BCUT2D eigenvalue weighted by Gasteiger charge is -2.07. The average molecular weight is 315 g/mol. The topological polar surface area (TPSA) is 77.1 Å². The molecule has 0 aliphatic rings. The van der Waals surface area contributed by atoms with Gasteiger partial charge in [0.1, 0.15) is 12.4 Å². The van der Waals surface area contributed by atoms with Gasteiger partial charge in [-0.25, -0.2) is 19.2 Å². The molecule has 0 fully saturated rings. The Labute approximate surface area is 131 Å². The van der Waals surface area contributed by atoms with Crippen molar-refractivity contribution in [3.05, 3.63) is 53.2 Å². The third-order valence-electron chi connectivity index (χ3n) is 3.28. The Morgan fingerprint density at radius 1 is 1.35 bits per heavy atom. The molecule has 2 aromatic heterocycles. The number of hydrogen-bond donors (Lipinski definition) is 1. The van der Waals surface area contributed by atoms with Gasteiger partial charge >= 0.3 is 5.97 Å². The van der Waals surface area contributed by atoms with E-state index in [1.807, 2.05) is 6.92 Å². The first-order chi connectivity index (χ1) is 11.1. The summed E-state index contributed by atoms with van der Waals surface area (Å²) in [6.07, 6.45) is 1.41. The van der Waals surface area contributed by atoms with Gasteiger partial charge in [0.2, 0.25) is 0 Å². The molecule has 3 rings (SSSR count). The van der Waals surface area contributed by atoms with Gasteiger partial charge in [-0.2, -0.15) is 0 Å². The van der Waals surface area contributed by atoms with Gasteiger partial charge in [-0.15, -0.1) is 0 Å². The number of fused-ring (bicyclic) bond motifs is 1. The van der Waals surface area contributed by atoms with Crippen LogP contribution in [0.15, 0.2) is 30.5 Å². The van der Waals surface area contributed by atoms with E-state index in [-0.39, 0.29) is 12.4 Å². The number of imidazole rings is 1. The number of methoxy groups -OCH3 is 1. The molecule has 3 aromatic rings. The lowest BCUT2D eigenvalue weighted by molar-refractivity contribution is 0.0472. The molecule has 118 valence electrons. The molecule has 0 aliphatic heterocycles. The zero-order chi connectivity index (χ0) is 16.4. The summed E-state index contributed by atoms with van der Waals surface area (Å²) in [5, 5.41) is 0. The standard InChI is InChI=1S/C16H14FN3O3/c1-9-19-13-6-11(7-18-15(13)20-9)16(21)23-8-10-3-4-12(17)14(5-10)22-2/h3-7H,8H2,1-2H3,(H,18,19,20). The van der Waals surface area contributed by atoms with Crippen LogP contribution in [-0.2, 0) is 11.3 Å². The number of aromatic amines is 1. The molecule has 0 saturated heterocycles. The normalized spacial score (nSPS) is 10.7. The minimum atomic E-state index is -0.519. The number of nitrogens with one attached hydrogen (secondary N) is 1. The Kier molecular flexibility index (Phi) is 3.92. The second-order valence-electron chi connectivity index (χ2n) is 4.96. The SMILES string of the molecule is COc1cc(COC(=O)c2cnc3nc(C)[nH]c3c2)ccc1F. The number of ether oxygens (including phenoxy) is 2. The minimum absolute atomic E-state index is 0.00944. The molecule has 0 aliphatic carbocycles. The van der Waals surface area contributed by atoms with Gasteiger partial charge in [-0.1, -0.05) is 6.07 Å². The number of aromatic nitrogens is 3. The van der Waals surface area contributed by atoms with E-state index in [2.05, 4.69) is 15.0 Å². The quantitative estimate of drug-likeness (QED) is 0.749. The Hall–Kier alpha value is -2.96. The van der Waals surface area contributed by atoms with E-state index in [4.69, 9.17) is 9.47 Å². The summed E-state index contributed by atoms with van der Waals surface area (Å²) in [5.74, 6) is -0.159. The van der Waals surface area contributed by atoms with Gasteiger partial charge in [0.05, 0.1) is 18.2 Å². The molecule has 23 heavy (non-hydrogen) atoms. The fourth-order valence-corrected chi connectivity index (χ4v) is 2.16. The average Bonchev–Trinajstić information content (AvgIpc) is 2.92. The molecule has 0 atom stereocenters. The van der Waals surface area contributed by atoms with E-state index in [9.17, 15) is 9.18 Å². The van der Waals surface area contributed by atoms with Gasteiger partial charge in [0.25, 0.3) is 0 Å². The number of pyridine rings is 1. The first-order valence-corrected chi connectivity index (χ1v) is 6.88. The molecule has 6 nitrogen and oxygen atoms in total. The number of nitrogens with zero attached hydrogens (tertiary/aromatic N) is 2. The smallest absolute Gasteiger partial charge is 0.340 e. The van der Waals surface area contributed by atoms with Crippen LogP contribution in [-0.4, -0.2) is 28.0 Å². The van der Waals surface area contributed by atoms with E-state index < -0.39 is 11.8 Å². The van der Waals surface area contributed by atoms with Crippen LogP contribution in [0.4, 0.5) is 4.39 Å². The van der Waals surface area contributed by atoms with E-state index in [1.165, 1.54) is 31.5 Å². The molecular weight excluding hydrogens is 301 g/mol. The molecule has 1 N–H and O–H groups in total. The van der Waals surface area contributed by atoms with E-state index in [1.54, 1.807) is 6.07 Å². The molecule has 7 heteroatoms. The van der Waals surface area contributed by atoms with Crippen LogP contribution in [0.5, 0.6) is 5.75 Å². The molecular formula is C16H14FN3O3. The van der Waals surface area contributed by atoms with Crippen LogP contribution in [0.1, 0.15) is 21.7 Å². The summed E-state index contributed by atoms with van der Waals surface area (Å²) in [4.78, 5) is 23.4. The molecule has 2 heterocycles. The van der Waals surface area contributed by atoms with Gasteiger partial charge in [-0.05, 0) is 30.7 Å². The number of rotatable bonds is 4. The van der Waals surface area contributed by atoms with Gasteiger partial charge in [0, 0.05) is 6.20 Å². The highest BCUT2D eigenvalue weighted by Gasteiger charge is 2.12. The van der Waals surface area contributed by atoms with Gasteiger partial charge in [0.15, 0.2) is 17.2 Å². The van der Waals surface area contributed by atoms with Crippen LogP contribution in [0, 0.1) is 12.7 Å². The molecule has 0 spiro atoms. The van der Waals surface area contributed by atoms with Crippen molar-refractivity contribution < 1.29 is 18.7 Å². The largest absolute Gasteiger partial charge is 0.494 e. The van der Waals surface area contributed by atoms with E-state index >= 15 is 0 Å². The summed E-state index contributed by atoms with van der Waals surface area (Å²) < 4.78 is 23.4. The van der Waals surface area contributed by atoms with Crippen molar-refractivity contribution in [1.29, 1.82) is 0 Å². The van der Waals surface area contributed by atoms with Crippen LogP contribution >= 0.6 is 0 Å². The van der Waals surface area contributed by atoms with Crippen LogP contribution in [0.2, 0.25) is 0 Å². The third-order valence-corrected chi connectivity index (χ3v) is 3.28. The summed E-state index contributed by atoms with van der Waals surface area (Å²) >= 11 is 0. The van der Waals surface area contributed by atoms with E-state index in [0.717, 1.165) is 5.82 Å². The van der Waals surface area contributed by atoms with Gasteiger partial charge < -0.3 is 14.5 Å². The second kappa shape index (κ2) is 6.04. The third kappa shape index (κ3) is 3.13. The number of esters is 1. The predicted molar refractivity (Wildman–Crippen MR) is 80.7 cm³/mol. The maximum Gasteiger partial charge on any atom is 0.340 e. The molecule has 0 radical (unpaired) electrons. The van der Waals surface area contributed by atoms with Crippen LogP contribution in [0.3, 0.4) is 0 Å². The Morgan fingerprint density at radius 3 is 2.96 bits per heavy atom. The van der Waals surface area contributed by atoms with Crippen LogP contribution < -0.4 is 4.74 Å². The molecule has 0 saturated carbocycles. The number of hydrogen-bond acceptors (Lipinski definition) is 5. The predicted octanol–water partition coefficient (Wildman–Crippen LogP) is 2.77. The Bertz CT molecular complexity index is 876. The highest BCUT2D eigenvalue weighted by molar-refractivity contribution is 5.92. The number of halogens is 1. The zero-order valence-corrected chi connectivity index (χ0v) is 12.6. The summed E-state index contributed by atoms with van der Waals surface area (Å²) in [6, 6.07) is 5.92. The molecule has 0 bridgehead atoms. The number of carbonyl (C=O) groups is 1. The first-order valence-electron chi connectivity index (χ1n) is 6.88. The monoisotopic (exact) mass is 315 g/mol. The van der Waals surface area contributed by atoms with Crippen molar-refractivity contribution >= 4 is 17.1 Å². The van der Waals surface area contributed by atoms with E-state index in [0.29, 0.717) is 22.3 Å². The zero-order valence-electron chi connectivity index (χ0n) is 12.6. The highest BCUT2D eigenvalue weighted by Crippen LogP contribution is 2.19. The Morgan fingerprint density at radius 2 is 2.17 bits per heavy atom. The van der Waals surface area contributed by atoms with Crippen molar-refractivity contribution in [3.8, 4) is 5.75 Å². The van der Waals surface area contributed by atoms with Gasteiger partial charge in [-0.3, -0.25) is 0 Å². The fraction of sp³-hybridized carbons (Fsp3) is 0.188. The van der Waals surface area contributed by atoms with Crippen molar-refractivity contribution in [2.75, 3.05) is 7.11 Å². The van der Waals surface area contributed by atoms with Crippen molar-refractivity contribution in [1.82, 2.24) is 15.0 Å². The number of benzene rings is 1. The molecule has 0 unspecified atom stereocenters. The maximum atomic E-state index is 13.3. The fourth-order valence-electron chi connectivity index (χ4n) is 2.16. The summed E-state index contributed by atoms with van der Waals surface area (Å²) in [7, 11) is 1.38. The lowest BCUT2D eigenvalue weighted by Crippen LogP contribution is -2.06. The number of aryl methyl sites for hydroxylation is 1. The number of H-pyrrole nitrogens is 1. The maximum absolute atomic E-state index is 13.3.